The van der Waals surface area contributed by atoms with Gasteiger partial charge in [0.1, 0.15) is 18.8 Å². The van der Waals surface area contributed by atoms with E-state index in [0.717, 1.165) is 29.0 Å². The number of hydrogen-bond donors (Lipinski definition) is 0. The van der Waals surface area contributed by atoms with Crippen molar-refractivity contribution in [3.05, 3.63) is 92.4 Å². The van der Waals surface area contributed by atoms with Gasteiger partial charge in [-0.15, -0.1) is 11.8 Å². The molecule has 13 heteroatoms. The molecular formula is C30H29ClF3N3O5S. The summed E-state index contributed by atoms with van der Waals surface area (Å²) < 4.78 is 54.5. The third-order valence-electron chi connectivity index (χ3n) is 7.33. The summed E-state index contributed by atoms with van der Waals surface area (Å²) in [6, 6.07) is 11.1. The number of nitrogens with zero attached hydrogens (tertiary/aromatic N) is 3. The van der Waals surface area contributed by atoms with Crippen molar-refractivity contribution in [2.24, 2.45) is 5.41 Å². The van der Waals surface area contributed by atoms with E-state index >= 15 is 0 Å². The van der Waals surface area contributed by atoms with E-state index in [2.05, 4.69) is 0 Å². The van der Waals surface area contributed by atoms with Crippen LogP contribution in [0.25, 0.3) is 0 Å². The molecule has 3 heterocycles. The molecule has 0 spiro atoms. The lowest BCUT2D eigenvalue weighted by Gasteiger charge is -2.46. The van der Waals surface area contributed by atoms with Crippen LogP contribution in [0.1, 0.15) is 60.9 Å². The highest BCUT2D eigenvalue weighted by molar-refractivity contribution is 7.98. The Morgan fingerprint density at radius 3 is 2.51 bits per heavy atom. The van der Waals surface area contributed by atoms with Gasteiger partial charge in [0.05, 0.1) is 5.41 Å². The molecule has 0 saturated carbocycles. The number of rotatable bonds is 5. The van der Waals surface area contributed by atoms with Gasteiger partial charge in [-0.05, 0) is 51.0 Å². The minimum Gasteiger partial charge on any atom is -0.451 e. The monoisotopic (exact) mass is 635 g/mol. The minimum atomic E-state index is -4.77. The van der Waals surface area contributed by atoms with E-state index in [-0.39, 0.29) is 0 Å². The number of benzene rings is 2. The van der Waals surface area contributed by atoms with E-state index in [1.54, 1.807) is 43.6 Å². The average molecular weight is 636 g/mol. The van der Waals surface area contributed by atoms with E-state index in [9.17, 15) is 27.6 Å². The number of esters is 1. The summed E-state index contributed by atoms with van der Waals surface area (Å²) in [4.78, 5) is 40.7. The molecule has 0 radical (unpaired) electrons. The fourth-order valence-electron chi connectivity index (χ4n) is 4.99. The highest BCUT2D eigenvalue weighted by Crippen LogP contribution is 2.45. The second-order valence-electron chi connectivity index (χ2n) is 11.3. The number of fused-ring (bicyclic) bond motifs is 3. The summed E-state index contributed by atoms with van der Waals surface area (Å²) in [7, 11) is 0. The van der Waals surface area contributed by atoms with Gasteiger partial charge in [0.15, 0.2) is 5.69 Å². The first-order chi connectivity index (χ1) is 20.2. The fourth-order valence-corrected chi connectivity index (χ4v) is 6.38. The lowest BCUT2D eigenvalue weighted by Crippen LogP contribution is -2.60. The summed E-state index contributed by atoms with van der Waals surface area (Å²) in [5, 5.41) is 1.97. The van der Waals surface area contributed by atoms with Crippen LogP contribution in [0.2, 0.25) is 5.02 Å². The topological polar surface area (TPSA) is 81.1 Å². The van der Waals surface area contributed by atoms with Crippen molar-refractivity contribution in [1.29, 1.82) is 0 Å². The van der Waals surface area contributed by atoms with Gasteiger partial charge in [-0.3, -0.25) is 24.1 Å². The highest BCUT2D eigenvalue weighted by Gasteiger charge is 2.48. The van der Waals surface area contributed by atoms with Crippen molar-refractivity contribution in [3.63, 3.8) is 0 Å². The van der Waals surface area contributed by atoms with Crippen LogP contribution in [0, 0.1) is 5.41 Å². The molecule has 2 aliphatic heterocycles. The zero-order valence-electron chi connectivity index (χ0n) is 23.8. The molecule has 0 fully saturated rings. The summed E-state index contributed by atoms with van der Waals surface area (Å²) in [5.41, 5.74) is 0.241. The van der Waals surface area contributed by atoms with Crippen LogP contribution in [0.15, 0.2) is 64.4 Å². The summed E-state index contributed by atoms with van der Waals surface area (Å²) in [5.74, 6) is -1.67. The molecule has 2 atom stereocenters. The van der Waals surface area contributed by atoms with Crippen molar-refractivity contribution in [1.82, 2.24) is 9.58 Å². The number of aromatic nitrogens is 1. The molecule has 1 aromatic heterocycles. The molecule has 2 aromatic carbocycles. The van der Waals surface area contributed by atoms with Gasteiger partial charge in [0.25, 0.3) is 5.91 Å². The van der Waals surface area contributed by atoms with E-state index in [4.69, 9.17) is 21.1 Å². The number of hydrogen-bond acceptors (Lipinski definition) is 7. The molecule has 5 rings (SSSR count). The number of ether oxygens (including phenoxy) is 2. The fraction of sp³-hybridized carbons (Fsp3) is 0.367. The summed E-state index contributed by atoms with van der Waals surface area (Å²) >= 11 is 8.35. The van der Waals surface area contributed by atoms with Crippen molar-refractivity contribution < 1.29 is 32.2 Å². The maximum atomic E-state index is 14.1. The third-order valence-corrected chi connectivity index (χ3v) is 8.80. The highest BCUT2D eigenvalue weighted by atomic mass is 35.5. The molecule has 8 nitrogen and oxygen atoms in total. The number of carbonyl (C=O) groups excluding carboxylic acids is 2. The first-order valence-electron chi connectivity index (χ1n) is 13.4. The predicted octanol–water partition coefficient (Wildman–Crippen LogP) is 6.12. The zero-order chi connectivity index (χ0) is 31.3. The lowest BCUT2D eigenvalue weighted by atomic mass is 9.94. The first kappa shape index (κ1) is 30.8. The van der Waals surface area contributed by atoms with Gasteiger partial charge in [-0.25, -0.2) is 0 Å². The van der Waals surface area contributed by atoms with Gasteiger partial charge < -0.3 is 14.4 Å². The Morgan fingerprint density at radius 2 is 1.81 bits per heavy atom. The van der Waals surface area contributed by atoms with Crippen LogP contribution in [0.4, 0.5) is 13.2 Å². The maximum absolute atomic E-state index is 14.1. The number of halogens is 4. The van der Waals surface area contributed by atoms with E-state index < -0.39 is 65.9 Å². The van der Waals surface area contributed by atoms with E-state index in [1.165, 1.54) is 10.9 Å². The Balaban J connectivity index is 1.71. The van der Waals surface area contributed by atoms with Gasteiger partial charge >= 0.3 is 12.1 Å². The number of carbonyl (C=O) groups is 2. The van der Waals surface area contributed by atoms with Gasteiger partial charge in [-0.2, -0.15) is 13.2 Å². The summed E-state index contributed by atoms with van der Waals surface area (Å²) in [6.07, 6.45) is -3.44. The number of pyridine rings is 1. The normalized spacial score (nSPS) is 17.4. The van der Waals surface area contributed by atoms with Gasteiger partial charge in [0.2, 0.25) is 18.0 Å². The molecule has 0 bridgehead atoms. The zero-order valence-corrected chi connectivity index (χ0v) is 25.3. The first-order valence-corrected chi connectivity index (χ1v) is 14.8. The van der Waals surface area contributed by atoms with Crippen molar-refractivity contribution in [3.8, 4) is 5.75 Å². The van der Waals surface area contributed by atoms with Crippen LogP contribution in [0.5, 0.6) is 5.75 Å². The van der Waals surface area contributed by atoms with Crippen LogP contribution < -0.4 is 15.2 Å². The molecule has 0 saturated heterocycles. The average Bonchev–Trinajstić information content (AvgIpc) is 3.11. The third kappa shape index (κ3) is 5.82. The molecule has 43 heavy (non-hydrogen) atoms. The molecular weight excluding hydrogens is 607 g/mol. The Hall–Kier alpha value is -3.64. The predicted molar refractivity (Wildman–Crippen MR) is 156 cm³/mol. The molecule has 0 N–H and O–H groups in total. The Labute approximate surface area is 255 Å². The van der Waals surface area contributed by atoms with Crippen LogP contribution in [-0.2, 0) is 15.3 Å². The van der Waals surface area contributed by atoms with Crippen molar-refractivity contribution in [2.45, 2.75) is 56.6 Å². The SMILES string of the molecule is C[C@@H](N1CN([C@@H]2c3ccccc3SCc3cccc(Cl)c32)n2ccc(=O)c(OCOC(=O)C(C)(C)C)c2C1=O)C(F)(F)F. The van der Waals surface area contributed by atoms with Crippen LogP contribution in [-0.4, -0.2) is 47.1 Å². The molecule has 2 aliphatic rings. The second kappa shape index (κ2) is 11.5. The smallest absolute Gasteiger partial charge is 0.408 e. The van der Waals surface area contributed by atoms with Crippen LogP contribution >= 0.6 is 23.4 Å². The molecule has 0 aliphatic carbocycles. The second-order valence-corrected chi connectivity index (χ2v) is 12.7. The Kier molecular flexibility index (Phi) is 8.21. The van der Waals surface area contributed by atoms with Crippen LogP contribution in [0.3, 0.4) is 0 Å². The molecule has 228 valence electrons. The molecule has 3 aromatic rings. The molecule has 1 amide bonds. The van der Waals surface area contributed by atoms with Gasteiger partial charge in [-0.1, -0.05) is 41.9 Å². The number of alkyl halides is 3. The Bertz CT molecular complexity index is 1640. The minimum absolute atomic E-state index is 0.403. The van der Waals surface area contributed by atoms with Crippen molar-refractivity contribution in [2.75, 3.05) is 18.5 Å². The number of amides is 1. The van der Waals surface area contributed by atoms with E-state index in [0.29, 0.717) is 21.2 Å². The van der Waals surface area contributed by atoms with E-state index in [1.807, 2.05) is 36.4 Å². The van der Waals surface area contributed by atoms with Gasteiger partial charge in [0, 0.05) is 33.5 Å². The largest absolute Gasteiger partial charge is 0.451 e. The standard InChI is InChI=1S/C30H29ClF3N3O5S/c1-17(30(32,33)34)35-15-37(24-19-9-5-6-11-22(19)43-14-18-8-7-10-20(31)23(18)24)36-13-12-21(38)26(25(36)27(35)39)41-16-42-28(40)29(2,3)4/h5-13,17,24H,14-16H2,1-4H3/t17-,24-/m1/s1. The molecule has 0 unspecified atom stereocenters. The quantitative estimate of drug-likeness (QED) is 0.247. The number of thioether (sulfide) groups is 1. The Morgan fingerprint density at radius 1 is 1.09 bits per heavy atom. The summed E-state index contributed by atoms with van der Waals surface area (Å²) in [6.45, 7) is 4.55. The lowest BCUT2D eigenvalue weighted by molar-refractivity contribution is -0.173. The maximum Gasteiger partial charge on any atom is 0.408 e. The van der Waals surface area contributed by atoms with Crippen molar-refractivity contribution >= 4 is 35.2 Å².